The lowest BCUT2D eigenvalue weighted by Gasteiger charge is -2.10. The lowest BCUT2D eigenvalue weighted by molar-refractivity contribution is -0.384. The Hall–Kier alpha value is -4.62. The molecule has 0 fully saturated rings. The highest BCUT2D eigenvalue weighted by Crippen LogP contribution is 2.30. The van der Waals surface area contributed by atoms with Crippen LogP contribution in [0.1, 0.15) is 11.3 Å². The Morgan fingerprint density at radius 3 is 2.40 bits per heavy atom. The van der Waals surface area contributed by atoms with Crippen LogP contribution in [0.5, 0.6) is 0 Å². The zero-order valence-electron chi connectivity index (χ0n) is 15.4. The predicted octanol–water partition coefficient (Wildman–Crippen LogP) is 2.02. The van der Waals surface area contributed by atoms with Crippen molar-refractivity contribution in [3.8, 4) is 0 Å². The molecule has 0 bridgehead atoms. The van der Waals surface area contributed by atoms with Crippen LogP contribution in [0.2, 0.25) is 0 Å². The minimum atomic E-state index is -0.722. The molecular weight excluding hydrogens is 400 g/mol. The van der Waals surface area contributed by atoms with Gasteiger partial charge in [0.25, 0.3) is 5.69 Å². The number of carbonyl (C=O) groups is 1. The zero-order chi connectivity index (χ0) is 21.7. The van der Waals surface area contributed by atoms with Crippen LogP contribution in [0, 0.1) is 27.2 Å². The second-order valence-corrected chi connectivity index (χ2v) is 5.90. The fraction of sp³-hybridized carbons (Fsp3) is 0.125. The van der Waals surface area contributed by atoms with Gasteiger partial charge in [-0.15, -0.1) is 0 Å². The normalized spacial score (nSPS) is 10.3. The number of benzene rings is 1. The van der Waals surface area contributed by atoms with Gasteiger partial charge in [0.15, 0.2) is 5.82 Å². The van der Waals surface area contributed by atoms with E-state index in [9.17, 15) is 25.0 Å². The van der Waals surface area contributed by atoms with Crippen LogP contribution in [-0.2, 0) is 11.2 Å². The molecule has 14 nitrogen and oxygen atoms in total. The van der Waals surface area contributed by atoms with Gasteiger partial charge in [-0.3, -0.25) is 35.9 Å². The SMILES string of the molecule is Cc1cc(Nc2ncnc(NNC(=O)Cc3ccc([N+](=O)[O-])cc3)c2[N+](=O)[O-])no1. The van der Waals surface area contributed by atoms with Crippen LogP contribution < -0.4 is 16.2 Å². The number of hydrogen-bond acceptors (Lipinski definition) is 11. The van der Waals surface area contributed by atoms with Crippen LogP contribution in [0.4, 0.5) is 28.8 Å². The molecule has 0 radical (unpaired) electrons. The molecule has 0 spiro atoms. The van der Waals surface area contributed by atoms with Crippen molar-refractivity contribution in [3.63, 3.8) is 0 Å². The number of nitro benzene ring substituents is 1. The summed E-state index contributed by atoms with van der Waals surface area (Å²) in [6.07, 6.45) is 0.945. The molecule has 2 heterocycles. The van der Waals surface area contributed by atoms with Crippen LogP contribution in [0.15, 0.2) is 41.2 Å². The molecule has 3 N–H and O–H groups in total. The smallest absolute Gasteiger partial charge is 0.355 e. The Kier molecular flexibility index (Phi) is 5.76. The summed E-state index contributed by atoms with van der Waals surface area (Å²) in [6.45, 7) is 1.65. The Morgan fingerprint density at radius 1 is 1.10 bits per heavy atom. The monoisotopic (exact) mass is 414 g/mol. The highest BCUT2D eigenvalue weighted by molar-refractivity contribution is 5.81. The van der Waals surface area contributed by atoms with Gasteiger partial charge in [0, 0.05) is 18.2 Å². The van der Waals surface area contributed by atoms with E-state index in [1.54, 1.807) is 6.92 Å². The van der Waals surface area contributed by atoms with E-state index in [-0.39, 0.29) is 29.6 Å². The summed E-state index contributed by atoms with van der Waals surface area (Å²) in [4.78, 5) is 40.6. The van der Waals surface area contributed by atoms with E-state index in [1.807, 2.05) is 0 Å². The maximum Gasteiger partial charge on any atom is 0.355 e. The average molecular weight is 414 g/mol. The molecule has 3 rings (SSSR count). The van der Waals surface area contributed by atoms with E-state index < -0.39 is 21.4 Å². The summed E-state index contributed by atoms with van der Waals surface area (Å²) >= 11 is 0. The molecular formula is C16H14N8O6. The number of hydrazine groups is 1. The molecule has 1 aromatic carbocycles. The van der Waals surface area contributed by atoms with Gasteiger partial charge >= 0.3 is 5.69 Å². The molecule has 0 saturated carbocycles. The van der Waals surface area contributed by atoms with Gasteiger partial charge in [-0.1, -0.05) is 17.3 Å². The molecule has 2 aromatic heterocycles. The molecule has 0 unspecified atom stereocenters. The highest BCUT2D eigenvalue weighted by Gasteiger charge is 2.24. The summed E-state index contributed by atoms with van der Waals surface area (Å²) in [5.74, 6) is -0.253. The van der Waals surface area contributed by atoms with Crippen molar-refractivity contribution in [1.29, 1.82) is 0 Å². The van der Waals surface area contributed by atoms with Gasteiger partial charge in [0.2, 0.25) is 17.5 Å². The van der Waals surface area contributed by atoms with Crippen molar-refractivity contribution in [2.75, 3.05) is 10.7 Å². The summed E-state index contributed by atoms with van der Waals surface area (Å²) in [6, 6.07) is 6.94. The number of non-ortho nitro benzene ring substituents is 1. The molecule has 0 aliphatic heterocycles. The van der Waals surface area contributed by atoms with Crippen molar-refractivity contribution in [1.82, 2.24) is 20.6 Å². The number of amides is 1. The Morgan fingerprint density at radius 2 is 1.80 bits per heavy atom. The Labute approximate surface area is 167 Å². The molecule has 154 valence electrons. The maximum atomic E-state index is 12.1. The van der Waals surface area contributed by atoms with E-state index in [2.05, 4.69) is 31.3 Å². The molecule has 0 saturated heterocycles. The fourth-order valence-corrected chi connectivity index (χ4v) is 2.38. The van der Waals surface area contributed by atoms with Gasteiger partial charge in [-0.25, -0.2) is 9.97 Å². The Bertz CT molecular complexity index is 1100. The third-order valence-corrected chi connectivity index (χ3v) is 3.71. The number of aryl methyl sites for hydroxylation is 1. The van der Waals surface area contributed by atoms with Crippen molar-refractivity contribution in [3.05, 3.63) is 68.2 Å². The quantitative estimate of drug-likeness (QED) is 0.361. The number of nitro groups is 2. The zero-order valence-corrected chi connectivity index (χ0v) is 15.4. The topological polar surface area (TPSA) is 191 Å². The van der Waals surface area contributed by atoms with E-state index in [4.69, 9.17) is 4.52 Å². The highest BCUT2D eigenvalue weighted by atomic mass is 16.6. The number of anilines is 3. The third kappa shape index (κ3) is 4.80. The third-order valence-electron chi connectivity index (χ3n) is 3.71. The van der Waals surface area contributed by atoms with E-state index >= 15 is 0 Å². The van der Waals surface area contributed by atoms with Crippen LogP contribution >= 0.6 is 0 Å². The first-order valence-corrected chi connectivity index (χ1v) is 8.31. The molecule has 14 heteroatoms. The van der Waals surface area contributed by atoms with Crippen molar-refractivity contribution < 1.29 is 19.2 Å². The van der Waals surface area contributed by atoms with Crippen molar-refractivity contribution >= 4 is 34.7 Å². The number of carbonyl (C=O) groups excluding carboxylic acids is 1. The van der Waals surface area contributed by atoms with Crippen molar-refractivity contribution in [2.24, 2.45) is 0 Å². The second-order valence-electron chi connectivity index (χ2n) is 5.90. The number of hydrogen-bond donors (Lipinski definition) is 3. The van der Waals surface area contributed by atoms with E-state index in [1.165, 1.54) is 30.3 Å². The lowest BCUT2D eigenvalue weighted by atomic mass is 10.1. The number of rotatable bonds is 8. The summed E-state index contributed by atoms with van der Waals surface area (Å²) in [7, 11) is 0. The first-order valence-electron chi connectivity index (χ1n) is 8.31. The van der Waals surface area contributed by atoms with E-state index in [0.29, 0.717) is 11.3 Å². The lowest BCUT2D eigenvalue weighted by Crippen LogP contribution is -2.31. The first-order chi connectivity index (χ1) is 14.3. The molecule has 30 heavy (non-hydrogen) atoms. The minimum absolute atomic E-state index is 0.101. The molecule has 3 aromatic rings. The molecule has 0 aliphatic carbocycles. The van der Waals surface area contributed by atoms with Gasteiger partial charge < -0.3 is 9.84 Å². The largest absolute Gasteiger partial charge is 0.360 e. The maximum absolute atomic E-state index is 12.1. The van der Waals surface area contributed by atoms with Gasteiger partial charge in [-0.2, -0.15) is 0 Å². The molecule has 0 aliphatic rings. The summed E-state index contributed by atoms with van der Waals surface area (Å²) in [5.41, 5.74) is 4.58. The Balaban J connectivity index is 1.69. The molecule has 1 amide bonds. The first kappa shape index (κ1) is 20.1. The van der Waals surface area contributed by atoms with Crippen LogP contribution in [0.25, 0.3) is 0 Å². The van der Waals surface area contributed by atoms with Gasteiger partial charge in [0.1, 0.15) is 12.1 Å². The molecule has 0 atom stereocenters. The summed E-state index contributed by atoms with van der Waals surface area (Å²) < 4.78 is 4.89. The fourth-order valence-electron chi connectivity index (χ4n) is 2.38. The van der Waals surface area contributed by atoms with Gasteiger partial charge in [-0.05, 0) is 12.5 Å². The number of nitrogens with one attached hydrogen (secondary N) is 3. The van der Waals surface area contributed by atoms with Gasteiger partial charge in [0.05, 0.1) is 16.3 Å². The van der Waals surface area contributed by atoms with Crippen LogP contribution in [-0.4, -0.2) is 30.9 Å². The number of aromatic nitrogens is 3. The predicted molar refractivity (Wildman–Crippen MR) is 102 cm³/mol. The minimum Gasteiger partial charge on any atom is -0.360 e. The van der Waals surface area contributed by atoms with E-state index in [0.717, 1.165) is 6.33 Å². The average Bonchev–Trinajstić information content (AvgIpc) is 3.11. The van der Waals surface area contributed by atoms with Crippen molar-refractivity contribution in [2.45, 2.75) is 13.3 Å². The standard InChI is InChI=1S/C16H14N8O6/c1-9-6-12(22-30-9)19-15-14(24(28)29)16(18-8-17-15)21-20-13(25)7-10-2-4-11(5-3-10)23(26)27/h2-6,8H,7H2,1H3,(H,20,25)(H2,17,18,19,21,22). The number of nitrogens with zero attached hydrogens (tertiary/aromatic N) is 5. The summed E-state index contributed by atoms with van der Waals surface area (Å²) in [5, 5.41) is 28.5. The second kappa shape index (κ2) is 8.59. The van der Waals surface area contributed by atoms with Crippen LogP contribution in [0.3, 0.4) is 0 Å².